The first-order valence-electron chi connectivity index (χ1n) is 7.17. The molecule has 0 aromatic heterocycles. The molecule has 1 saturated heterocycles. The number of hydrogen-bond acceptors (Lipinski definition) is 3. The molecule has 3 nitrogen and oxygen atoms in total. The second-order valence-electron chi connectivity index (χ2n) is 5.50. The number of rotatable bonds is 5. The zero-order valence-corrected chi connectivity index (χ0v) is 14.8. The van der Waals surface area contributed by atoms with Crippen LogP contribution < -0.4 is 4.74 Å². The van der Waals surface area contributed by atoms with E-state index >= 15 is 0 Å². The van der Waals surface area contributed by atoms with E-state index in [1.807, 2.05) is 0 Å². The van der Waals surface area contributed by atoms with Crippen LogP contribution in [0.4, 0.5) is 8.78 Å². The summed E-state index contributed by atoms with van der Waals surface area (Å²) in [7, 11) is 0. The molecule has 0 radical (unpaired) electrons. The Bertz CT molecular complexity index is 470. The topological polar surface area (TPSA) is 32.7 Å². The van der Waals surface area contributed by atoms with Gasteiger partial charge in [-0.25, -0.2) is 8.78 Å². The van der Waals surface area contributed by atoms with E-state index in [0.717, 1.165) is 31.5 Å². The van der Waals surface area contributed by atoms with Gasteiger partial charge in [0.05, 0.1) is 0 Å². The third kappa shape index (κ3) is 5.33. The molecule has 126 valence electrons. The van der Waals surface area contributed by atoms with Crippen LogP contribution in [0.2, 0.25) is 0 Å². The first-order valence-corrected chi connectivity index (χ1v) is 7.96. The maximum atomic E-state index is 13.6. The molecule has 0 amide bonds. The van der Waals surface area contributed by atoms with Gasteiger partial charge in [0.25, 0.3) is 0 Å². The summed E-state index contributed by atoms with van der Waals surface area (Å²) < 4.78 is 32.6. The number of halogens is 4. The molecule has 1 heterocycles. The van der Waals surface area contributed by atoms with E-state index in [1.54, 1.807) is 0 Å². The highest BCUT2D eigenvalue weighted by Crippen LogP contribution is 2.26. The monoisotopic (exact) mass is 399 g/mol. The molecular formula is C15H21BrClF2NO2. The van der Waals surface area contributed by atoms with Crippen molar-refractivity contribution < 1.29 is 18.6 Å². The second kappa shape index (κ2) is 9.01. The van der Waals surface area contributed by atoms with Crippen molar-refractivity contribution in [2.45, 2.75) is 38.3 Å². The van der Waals surface area contributed by atoms with Gasteiger partial charge in [-0.2, -0.15) is 0 Å². The molecular weight excluding hydrogens is 380 g/mol. The zero-order valence-electron chi connectivity index (χ0n) is 12.4. The van der Waals surface area contributed by atoms with E-state index in [0.29, 0.717) is 17.1 Å². The molecule has 0 bridgehead atoms. The molecule has 0 aliphatic carbocycles. The molecule has 1 aliphatic rings. The summed E-state index contributed by atoms with van der Waals surface area (Å²) in [5, 5.41) is 10.00. The Morgan fingerprint density at radius 3 is 2.59 bits per heavy atom. The third-order valence-corrected chi connectivity index (χ3v) is 4.23. The van der Waals surface area contributed by atoms with Gasteiger partial charge in [-0.05, 0) is 38.4 Å². The summed E-state index contributed by atoms with van der Waals surface area (Å²) in [4.78, 5) is 2.19. The molecule has 1 aromatic rings. The smallest absolute Gasteiger partial charge is 0.190 e. The fourth-order valence-electron chi connectivity index (χ4n) is 2.60. The van der Waals surface area contributed by atoms with Gasteiger partial charge < -0.3 is 9.84 Å². The maximum absolute atomic E-state index is 13.6. The molecule has 2 atom stereocenters. The normalized spacial score (nSPS) is 20.3. The number of piperidine rings is 1. The van der Waals surface area contributed by atoms with Crippen LogP contribution >= 0.6 is 28.3 Å². The maximum Gasteiger partial charge on any atom is 0.190 e. The van der Waals surface area contributed by atoms with Crippen molar-refractivity contribution in [3.05, 3.63) is 28.2 Å². The summed E-state index contributed by atoms with van der Waals surface area (Å²) in [5.41, 5.74) is 0. The average molecular weight is 401 g/mol. The highest BCUT2D eigenvalue weighted by molar-refractivity contribution is 9.10. The standard InChI is InChI=1S/C15H20BrF2NO2.ClH/c1-10-4-2-3-5-19(10)8-12(20)9-21-15-13(17)6-11(16)7-14(15)18;/h6-7,10,12,20H,2-5,8-9H2,1H3;1H. The van der Waals surface area contributed by atoms with Gasteiger partial charge in [0.2, 0.25) is 0 Å². The Morgan fingerprint density at radius 1 is 1.36 bits per heavy atom. The van der Waals surface area contributed by atoms with Crippen LogP contribution in [0.25, 0.3) is 0 Å². The molecule has 1 fully saturated rings. The third-order valence-electron chi connectivity index (χ3n) is 3.77. The van der Waals surface area contributed by atoms with Gasteiger partial charge in [-0.1, -0.05) is 22.4 Å². The van der Waals surface area contributed by atoms with E-state index in [4.69, 9.17) is 4.74 Å². The summed E-state index contributed by atoms with van der Waals surface area (Å²) in [6, 6.07) is 2.70. The molecule has 0 saturated carbocycles. The molecule has 7 heteroatoms. The molecule has 0 spiro atoms. The van der Waals surface area contributed by atoms with Gasteiger partial charge in [0.1, 0.15) is 12.7 Å². The molecule has 1 aromatic carbocycles. The minimum absolute atomic E-state index is 0. The van der Waals surface area contributed by atoms with Crippen LogP contribution in [0.5, 0.6) is 5.75 Å². The number of nitrogens with zero attached hydrogens (tertiary/aromatic N) is 1. The van der Waals surface area contributed by atoms with Crippen molar-refractivity contribution in [1.29, 1.82) is 0 Å². The minimum Gasteiger partial charge on any atom is -0.485 e. The number of likely N-dealkylation sites (tertiary alicyclic amines) is 1. The SMILES string of the molecule is CC1CCCCN1CC(O)COc1c(F)cc(Br)cc1F.Cl. The highest BCUT2D eigenvalue weighted by atomic mass is 79.9. The second-order valence-corrected chi connectivity index (χ2v) is 6.42. The van der Waals surface area contributed by atoms with E-state index in [-0.39, 0.29) is 19.0 Å². The summed E-state index contributed by atoms with van der Waals surface area (Å²) >= 11 is 3.01. The average Bonchev–Trinajstić information content (AvgIpc) is 2.40. The predicted octanol–water partition coefficient (Wildman–Crippen LogP) is 3.76. The van der Waals surface area contributed by atoms with Gasteiger partial charge in [-0.15, -0.1) is 12.4 Å². The Kier molecular flexibility index (Phi) is 8.03. The van der Waals surface area contributed by atoms with Crippen LogP contribution in [0, 0.1) is 11.6 Å². The Balaban J connectivity index is 0.00000242. The zero-order chi connectivity index (χ0) is 15.4. The lowest BCUT2D eigenvalue weighted by atomic mass is 10.0. The lowest BCUT2D eigenvalue weighted by Gasteiger charge is -2.34. The van der Waals surface area contributed by atoms with Gasteiger partial charge in [-0.3, -0.25) is 4.90 Å². The van der Waals surface area contributed by atoms with Crippen molar-refractivity contribution in [2.24, 2.45) is 0 Å². The quantitative estimate of drug-likeness (QED) is 0.817. The molecule has 1 N–H and O–H groups in total. The van der Waals surface area contributed by atoms with E-state index in [2.05, 4.69) is 27.8 Å². The van der Waals surface area contributed by atoms with Crippen molar-refractivity contribution in [2.75, 3.05) is 19.7 Å². The van der Waals surface area contributed by atoms with Crippen LogP contribution in [0.1, 0.15) is 26.2 Å². The molecule has 2 unspecified atom stereocenters. The van der Waals surface area contributed by atoms with Crippen LogP contribution in [0.15, 0.2) is 16.6 Å². The lowest BCUT2D eigenvalue weighted by Crippen LogP contribution is -2.43. The number of ether oxygens (including phenoxy) is 1. The highest BCUT2D eigenvalue weighted by Gasteiger charge is 2.21. The Labute approximate surface area is 144 Å². The molecule has 22 heavy (non-hydrogen) atoms. The van der Waals surface area contributed by atoms with Crippen LogP contribution in [0.3, 0.4) is 0 Å². The first kappa shape index (κ1) is 19.6. The Hall–Kier alpha value is -0.430. The predicted molar refractivity (Wildman–Crippen MR) is 87.7 cm³/mol. The molecule has 2 rings (SSSR count). The minimum atomic E-state index is -0.777. The van der Waals surface area contributed by atoms with Gasteiger partial charge in [0.15, 0.2) is 17.4 Å². The van der Waals surface area contributed by atoms with Crippen molar-refractivity contribution >= 4 is 28.3 Å². The summed E-state index contributed by atoms with van der Waals surface area (Å²) in [6.45, 7) is 3.40. The number of aliphatic hydroxyl groups excluding tert-OH is 1. The summed E-state index contributed by atoms with van der Waals surface area (Å²) in [5.74, 6) is -2.00. The van der Waals surface area contributed by atoms with E-state index < -0.39 is 23.5 Å². The van der Waals surface area contributed by atoms with Crippen molar-refractivity contribution in [3.8, 4) is 5.75 Å². The van der Waals surface area contributed by atoms with E-state index in [9.17, 15) is 13.9 Å². The molecule has 1 aliphatic heterocycles. The number of hydrogen-bond donors (Lipinski definition) is 1. The van der Waals surface area contributed by atoms with E-state index in [1.165, 1.54) is 6.42 Å². The van der Waals surface area contributed by atoms with Crippen LogP contribution in [-0.2, 0) is 0 Å². The van der Waals surface area contributed by atoms with Crippen molar-refractivity contribution in [3.63, 3.8) is 0 Å². The van der Waals surface area contributed by atoms with Gasteiger partial charge in [0, 0.05) is 17.1 Å². The number of benzene rings is 1. The number of aliphatic hydroxyl groups is 1. The summed E-state index contributed by atoms with van der Waals surface area (Å²) in [6.07, 6.45) is 2.67. The fourth-order valence-corrected chi connectivity index (χ4v) is 3.00. The Morgan fingerprint density at radius 2 is 2.00 bits per heavy atom. The van der Waals surface area contributed by atoms with Crippen molar-refractivity contribution in [1.82, 2.24) is 4.90 Å². The largest absolute Gasteiger partial charge is 0.485 e. The van der Waals surface area contributed by atoms with Crippen LogP contribution in [-0.4, -0.2) is 41.8 Å². The fraction of sp³-hybridized carbons (Fsp3) is 0.600. The first-order chi connectivity index (χ1) is 9.97. The number of β-amino-alcohol motifs (C(OH)–C–C–N with tert-alkyl or cyclic N) is 1. The van der Waals surface area contributed by atoms with Gasteiger partial charge >= 0.3 is 0 Å². The lowest BCUT2D eigenvalue weighted by molar-refractivity contribution is 0.0418.